The molecule has 1 N–H and O–H groups in total. The van der Waals surface area contributed by atoms with E-state index >= 15 is 0 Å². The molecule has 1 aliphatic heterocycles. The molecule has 1 aliphatic carbocycles. The van der Waals surface area contributed by atoms with Crippen LogP contribution in [0.4, 0.5) is 0 Å². The molecule has 0 aromatic heterocycles. The zero-order chi connectivity index (χ0) is 18.4. The zero-order valence-corrected chi connectivity index (χ0v) is 16.3. The minimum Gasteiger partial charge on any atom is -0.349 e. The number of amides is 1. The van der Waals surface area contributed by atoms with E-state index < -0.39 is 10.0 Å². The average molecular weight is 379 g/mol. The lowest BCUT2D eigenvalue weighted by Crippen LogP contribution is -2.34. The monoisotopic (exact) mass is 378 g/mol. The fourth-order valence-electron chi connectivity index (χ4n) is 3.90. The molecule has 6 heteroatoms. The Bertz CT molecular complexity index is 684. The van der Waals surface area contributed by atoms with Crippen LogP contribution in [0.5, 0.6) is 0 Å². The van der Waals surface area contributed by atoms with Crippen LogP contribution < -0.4 is 5.32 Å². The van der Waals surface area contributed by atoms with E-state index in [0.717, 1.165) is 51.4 Å². The van der Waals surface area contributed by atoms with Gasteiger partial charge in [-0.15, -0.1) is 0 Å². The first-order chi connectivity index (χ1) is 12.6. The number of nitrogens with one attached hydrogen (secondary N) is 1. The molecular formula is C20H30N2O3S. The van der Waals surface area contributed by atoms with Gasteiger partial charge >= 0.3 is 0 Å². The summed E-state index contributed by atoms with van der Waals surface area (Å²) in [5, 5.41) is 3.11. The van der Waals surface area contributed by atoms with Gasteiger partial charge in [0, 0.05) is 24.7 Å². The topological polar surface area (TPSA) is 66.5 Å². The Kier molecular flexibility index (Phi) is 6.70. The second-order valence-corrected chi connectivity index (χ2v) is 9.44. The fraction of sp³-hybridized carbons (Fsp3) is 0.650. The summed E-state index contributed by atoms with van der Waals surface area (Å²) < 4.78 is 27.2. The molecule has 1 heterocycles. The van der Waals surface area contributed by atoms with Crippen LogP contribution in [0.15, 0.2) is 29.2 Å². The Labute approximate surface area is 157 Å². The molecule has 144 valence electrons. The normalized spacial score (nSPS) is 20.9. The number of hydrogen-bond acceptors (Lipinski definition) is 3. The van der Waals surface area contributed by atoms with Gasteiger partial charge in [0.25, 0.3) is 5.91 Å². The van der Waals surface area contributed by atoms with Gasteiger partial charge in [0.1, 0.15) is 0 Å². The highest BCUT2D eigenvalue weighted by molar-refractivity contribution is 7.89. The molecule has 2 aliphatic rings. The summed E-state index contributed by atoms with van der Waals surface area (Å²) in [6, 6.07) is 6.66. The summed E-state index contributed by atoms with van der Waals surface area (Å²) in [6.07, 6.45) is 10.9. The predicted molar refractivity (Wildman–Crippen MR) is 103 cm³/mol. The SMILES string of the molecule is O=C(NC1CCCCCC1)c1ccc(S(=O)(=O)N2CCCCCC2)cc1. The number of benzene rings is 1. The average Bonchev–Trinajstić information content (AvgIpc) is 3.07. The molecule has 1 saturated heterocycles. The van der Waals surface area contributed by atoms with Gasteiger partial charge in [-0.05, 0) is 49.9 Å². The summed E-state index contributed by atoms with van der Waals surface area (Å²) in [5.41, 5.74) is 0.532. The predicted octanol–water partition coefficient (Wildman–Crippen LogP) is 3.70. The molecule has 0 atom stereocenters. The quantitative estimate of drug-likeness (QED) is 0.812. The van der Waals surface area contributed by atoms with E-state index in [1.807, 2.05) is 0 Å². The molecule has 1 aromatic carbocycles. The van der Waals surface area contributed by atoms with Gasteiger partial charge in [-0.2, -0.15) is 4.31 Å². The van der Waals surface area contributed by atoms with Crippen molar-refractivity contribution >= 4 is 15.9 Å². The number of nitrogens with zero attached hydrogens (tertiary/aromatic N) is 1. The van der Waals surface area contributed by atoms with Crippen LogP contribution in [0.3, 0.4) is 0 Å². The third-order valence-corrected chi connectivity index (χ3v) is 7.42. The lowest BCUT2D eigenvalue weighted by molar-refractivity contribution is 0.0933. The number of carbonyl (C=O) groups excluding carboxylic acids is 1. The lowest BCUT2D eigenvalue weighted by Gasteiger charge is -2.20. The first-order valence-corrected chi connectivity index (χ1v) is 11.4. The molecule has 1 aromatic rings. The third kappa shape index (κ3) is 4.86. The van der Waals surface area contributed by atoms with Gasteiger partial charge in [0.15, 0.2) is 0 Å². The van der Waals surface area contributed by atoms with Crippen LogP contribution in [0.1, 0.15) is 74.6 Å². The van der Waals surface area contributed by atoms with Crippen LogP contribution in [0.2, 0.25) is 0 Å². The highest BCUT2D eigenvalue weighted by Crippen LogP contribution is 2.21. The van der Waals surface area contributed by atoms with E-state index in [2.05, 4.69) is 5.32 Å². The van der Waals surface area contributed by atoms with Crippen molar-refractivity contribution in [3.8, 4) is 0 Å². The van der Waals surface area contributed by atoms with Crippen molar-refractivity contribution in [3.63, 3.8) is 0 Å². The van der Waals surface area contributed by atoms with Crippen LogP contribution >= 0.6 is 0 Å². The minimum atomic E-state index is -3.46. The maximum atomic E-state index is 12.8. The van der Waals surface area contributed by atoms with Crippen molar-refractivity contribution < 1.29 is 13.2 Å². The van der Waals surface area contributed by atoms with Crippen molar-refractivity contribution in [1.29, 1.82) is 0 Å². The molecule has 0 unspecified atom stereocenters. The molecule has 1 amide bonds. The molecule has 26 heavy (non-hydrogen) atoms. The number of hydrogen-bond donors (Lipinski definition) is 1. The molecule has 2 fully saturated rings. The lowest BCUT2D eigenvalue weighted by atomic mass is 10.1. The molecule has 0 bridgehead atoms. The smallest absolute Gasteiger partial charge is 0.251 e. The maximum absolute atomic E-state index is 12.8. The van der Waals surface area contributed by atoms with Crippen LogP contribution in [0, 0.1) is 0 Å². The Morgan fingerprint density at radius 2 is 1.38 bits per heavy atom. The number of rotatable bonds is 4. The van der Waals surface area contributed by atoms with Crippen LogP contribution in [-0.2, 0) is 10.0 Å². The molecule has 1 saturated carbocycles. The molecule has 0 spiro atoms. The van der Waals surface area contributed by atoms with E-state index in [1.54, 1.807) is 28.6 Å². The maximum Gasteiger partial charge on any atom is 0.251 e. The Balaban J connectivity index is 1.66. The second-order valence-electron chi connectivity index (χ2n) is 7.50. The van der Waals surface area contributed by atoms with E-state index in [4.69, 9.17) is 0 Å². The van der Waals surface area contributed by atoms with Crippen LogP contribution in [0.25, 0.3) is 0 Å². The Morgan fingerprint density at radius 3 is 1.96 bits per heavy atom. The van der Waals surface area contributed by atoms with E-state index in [1.165, 1.54) is 12.8 Å². The van der Waals surface area contributed by atoms with Gasteiger partial charge in [-0.25, -0.2) is 8.42 Å². The molecule has 3 rings (SSSR count). The van der Waals surface area contributed by atoms with Crippen molar-refractivity contribution in [1.82, 2.24) is 9.62 Å². The second kappa shape index (κ2) is 9.00. The Hall–Kier alpha value is -1.40. The van der Waals surface area contributed by atoms with Crippen molar-refractivity contribution in [2.24, 2.45) is 0 Å². The number of carbonyl (C=O) groups is 1. The minimum absolute atomic E-state index is 0.101. The van der Waals surface area contributed by atoms with Gasteiger partial charge in [-0.1, -0.05) is 38.5 Å². The number of sulfonamides is 1. The molecular weight excluding hydrogens is 348 g/mol. The highest BCUT2D eigenvalue weighted by atomic mass is 32.2. The van der Waals surface area contributed by atoms with E-state index in [9.17, 15) is 13.2 Å². The first kappa shape index (κ1) is 19.4. The van der Waals surface area contributed by atoms with Crippen molar-refractivity contribution in [2.75, 3.05) is 13.1 Å². The van der Waals surface area contributed by atoms with Gasteiger partial charge in [0.05, 0.1) is 4.90 Å². The Morgan fingerprint density at radius 1 is 0.846 bits per heavy atom. The first-order valence-electron chi connectivity index (χ1n) is 9.98. The van der Waals surface area contributed by atoms with Crippen LogP contribution in [-0.4, -0.2) is 37.8 Å². The summed E-state index contributed by atoms with van der Waals surface area (Å²) in [4.78, 5) is 12.7. The largest absolute Gasteiger partial charge is 0.349 e. The van der Waals surface area contributed by atoms with Crippen molar-refractivity contribution in [3.05, 3.63) is 29.8 Å². The van der Waals surface area contributed by atoms with Gasteiger partial charge in [-0.3, -0.25) is 4.79 Å². The summed E-state index contributed by atoms with van der Waals surface area (Å²) in [7, 11) is -3.46. The van der Waals surface area contributed by atoms with Crippen molar-refractivity contribution in [2.45, 2.75) is 75.1 Å². The summed E-state index contributed by atoms with van der Waals surface area (Å²) >= 11 is 0. The van der Waals surface area contributed by atoms with E-state index in [-0.39, 0.29) is 16.8 Å². The summed E-state index contributed by atoms with van der Waals surface area (Å²) in [5.74, 6) is -0.101. The fourth-order valence-corrected chi connectivity index (χ4v) is 5.42. The van der Waals surface area contributed by atoms with E-state index in [0.29, 0.717) is 18.7 Å². The van der Waals surface area contributed by atoms with Gasteiger partial charge < -0.3 is 5.32 Å². The zero-order valence-electron chi connectivity index (χ0n) is 15.5. The highest BCUT2D eigenvalue weighted by Gasteiger charge is 2.25. The van der Waals surface area contributed by atoms with Gasteiger partial charge in [0.2, 0.25) is 10.0 Å². The molecule has 0 radical (unpaired) electrons. The molecule has 5 nitrogen and oxygen atoms in total. The third-order valence-electron chi connectivity index (χ3n) is 5.51. The summed E-state index contributed by atoms with van der Waals surface area (Å²) in [6.45, 7) is 1.18. The standard InChI is InChI=1S/C20H30N2O3S/c23-20(21-18-9-5-1-2-6-10-18)17-11-13-19(14-12-17)26(24,25)22-15-7-3-4-8-16-22/h11-14,18H,1-10,15-16H2,(H,21,23).